The minimum Gasteiger partial charge on any atom is -0.466 e. The summed E-state index contributed by atoms with van der Waals surface area (Å²) in [5, 5.41) is 23.2. The van der Waals surface area contributed by atoms with Crippen LogP contribution in [0.2, 0.25) is 0 Å². The summed E-state index contributed by atoms with van der Waals surface area (Å²) >= 11 is 0. The monoisotopic (exact) mass is 1100 g/mol. The van der Waals surface area contributed by atoms with Crippen molar-refractivity contribution in [1.82, 2.24) is 5.32 Å². The van der Waals surface area contributed by atoms with Crippen molar-refractivity contribution in [3.63, 3.8) is 0 Å². The van der Waals surface area contributed by atoms with Crippen LogP contribution in [0.15, 0.2) is 12.2 Å². The molecular weight excluding hydrogens is 959 g/mol. The number of amides is 1. The molecule has 3 N–H and O–H groups in total. The Morgan fingerprint density at radius 3 is 0.872 bits per heavy atom. The van der Waals surface area contributed by atoms with E-state index in [4.69, 9.17) is 4.74 Å². The molecule has 0 aromatic rings. The Balaban J connectivity index is 3.36. The van der Waals surface area contributed by atoms with E-state index in [1.807, 2.05) is 6.08 Å². The highest BCUT2D eigenvalue weighted by Gasteiger charge is 2.18. The van der Waals surface area contributed by atoms with Crippen molar-refractivity contribution in [2.75, 3.05) is 13.2 Å². The summed E-state index contributed by atoms with van der Waals surface area (Å²) in [5.74, 6) is -0.0393. The van der Waals surface area contributed by atoms with E-state index in [-0.39, 0.29) is 18.5 Å². The van der Waals surface area contributed by atoms with Gasteiger partial charge in [-0.25, -0.2) is 0 Å². The Kier molecular flexibility index (Phi) is 66.9. The van der Waals surface area contributed by atoms with Gasteiger partial charge in [0.1, 0.15) is 0 Å². The topological polar surface area (TPSA) is 95.9 Å². The number of carbonyl (C=O) groups excluding carboxylic acids is 2. The molecule has 0 saturated carbocycles. The molecule has 0 fully saturated rings. The molecule has 0 radical (unpaired) electrons. The number of rotatable bonds is 68. The predicted octanol–water partition coefficient (Wildman–Crippen LogP) is 23.1. The van der Waals surface area contributed by atoms with Crippen LogP contribution in [0.5, 0.6) is 0 Å². The van der Waals surface area contributed by atoms with Crippen molar-refractivity contribution in [2.45, 2.75) is 424 Å². The highest BCUT2D eigenvalue weighted by molar-refractivity contribution is 5.76. The van der Waals surface area contributed by atoms with E-state index in [2.05, 4.69) is 19.2 Å². The Morgan fingerprint density at radius 2 is 0.590 bits per heavy atom. The average Bonchev–Trinajstić information content (AvgIpc) is 3.44. The highest BCUT2D eigenvalue weighted by atomic mass is 16.5. The van der Waals surface area contributed by atoms with Gasteiger partial charge in [0.05, 0.1) is 25.4 Å². The summed E-state index contributed by atoms with van der Waals surface area (Å²) in [6.45, 7) is 4.95. The first-order valence-electron chi connectivity index (χ1n) is 36.0. The lowest BCUT2D eigenvalue weighted by Crippen LogP contribution is -2.45. The zero-order valence-electron chi connectivity index (χ0n) is 53.2. The van der Waals surface area contributed by atoms with E-state index >= 15 is 0 Å². The lowest BCUT2D eigenvalue weighted by Gasteiger charge is -2.20. The van der Waals surface area contributed by atoms with E-state index in [1.54, 1.807) is 6.08 Å². The van der Waals surface area contributed by atoms with E-state index in [9.17, 15) is 19.8 Å². The van der Waals surface area contributed by atoms with Crippen LogP contribution >= 0.6 is 0 Å². The fourth-order valence-electron chi connectivity index (χ4n) is 11.6. The summed E-state index contributed by atoms with van der Waals surface area (Å²) in [5.41, 5.74) is 0. The first-order chi connectivity index (χ1) is 38.5. The molecular formula is C72H141NO5. The maximum Gasteiger partial charge on any atom is 0.305 e. The fourth-order valence-corrected chi connectivity index (χ4v) is 11.6. The lowest BCUT2D eigenvalue weighted by molar-refractivity contribution is -0.143. The molecule has 0 aliphatic rings. The number of hydrogen-bond donors (Lipinski definition) is 3. The van der Waals surface area contributed by atoms with Gasteiger partial charge in [0.25, 0.3) is 0 Å². The third kappa shape index (κ3) is 63.8. The van der Waals surface area contributed by atoms with E-state index in [0.29, 0.717) is 19.4 Å². The Bertz CT molecular complexity index is 1180. The van der Waals surface area contributed by atoms with Gasteiger partial charge in [0.15, 0.2) is 0 Å². The first kappa shape index (κ1) is 76.6. The molecule has 464 valence electrons. The highest BCUT2D eigenvalue weighted by Crippen LogP contribution is 2.19. The molecule has 6 nitrogen and oxygen atoms in total. The second-order valence-corrected chi connectivity index (χ2v) is 24.9. The van der Waals surface area contributed by atoms with Crippen molar-refractivity contribution in [3.05, 3.63) is 12.2 Å². The molecule has 0 aromatic heterocycles. The van der Waals surface area contributed by atoms with Crippen molar-refractivity contribution < 1.29 is 24.5 Å². The number of aliphatic hydroxyl groups is 2. The van der Waals surface area contributed by atoms with Gasteiger partial charge < -0.3 is 20.3 Å². The van der Waals surface area contributed by atoms with Crippen LogP contribution in [0.25, 0.3) is 0 Å². The van der Waals surface area contributed by atoms with Gasteiger partial charge in [-0.05, 0) is 32.1 Å². The normalized spacial score (nSPS) is 12.5. The quantitative estimate of drug-likeness (QED) is 0.0320. The molecule has 0 saturated heterocycles. The molecule has 1 amide bonds. The number of nitrogens with one attached hydrogen (secondary N) is 1. The zero-order chi connectivity index (χ0) is 56.4. The minimum absolute atomic E-state index is 0.0217. The van der Waals surface area contributed by atoms with Crippen LogP contribution in [-0.4, -0.2) is 47.4 Å². The molecule has 2 atom stereocenters. The second-order valence-electron chi connectivity index (χ2n) is 24.9. The SMILES string of the molecule is CCCCCCCCCCCCCCCCCCC/C=C/C(O)C(CO)NC(=O)CCCCCCCCCCCCCCCCCCCCCCCCCCCCCOC(=O)CCCCCCCCCCCCCCCCC. The third-order valence-corrected chi connectivity index (χ3v) is 17.1. The first-order valence-corrected chi connectivity index (χ1v) is 36.0. The van der Waals surface area contributed by atoms with Gasteiger partial charge >= 0.3 is 5.97 Å². The summed E-state index contributed by atoms with van der Waals surface area (Å²) in [6, 6.07) is -0.626. The molecule has 0 aliphatic heterocycles. The number of aliphatic hydroxyl groups excluding tert-OH is 2. The summed E-state index contributed by atoms with van der Waals surface area (Å²) in [7, 11) is 0. The zero-order valence-corrected chi connectivity index (χ0v) is 53.2. The number of allylic oxidation sites excluding steroid dienone is 1. The number of esters is 1. The van der Waals surface area contributed by atoms with E-state index < -0.39 is 12.1 Å². The lowest BCUT2D eigenvalue weighted by atomic mass is 10.0. The largest absolute Gasteiger partial charge is 0.466 e. The molecule has 0 rings (SSSR count). The average molecular weight is 1100 g/mol. The molecule has 0 aliphatic carbocycles. The Hall–Kier alpha value is -1.40. The van der Waals surface area contributed by atoms with E-state index in [1.165, 1.54) is 347 Å². The fraction of sp³-hybridized carbons (Fsp3) is 0.944. The van der Waals surface area contributed by atoms with Crippen LogP contribution in [0.3, 0.4) is 0 Å². The molecule has 0 heterocycles. The van der Waals surface area contributed by atoms with Gasteiger partial charge in [-0.3, -0.25) is 9.59 Å². The maximum atomic E-state index is 12.5. The van der Waals surface area contributed by atoms with Gasteiger partial charge in [0.2, 0.25) is 5.91 Å². The number of hydrogen-bond acceptors (Lipinski definition) is 5. The van der Waals surface area contributed by atoms with E-state index in [0.717, 1.165) is 38.5 Å². The van der Waals surface area contributed by atoms with Gasteiger partial charge in [-0.15, -0.1) is 0 Å². The Labute approximate surface area is 489 Å². The summed E-state index contributed by atoms with van der Waals surface area (Å²) in [4.78, 5) is 24.6. The van der Waals surface area contributed by atoms with Crippen molar-refractivity contribution in [3.8, 4) is 0 Å². The molecule has 2 unspecified atom stereocenters. The standard InChI is InChI=1S/C72H141NO5/c1-3-5-7-9-11-13-15-17-19-20-30-33-37-40-44-48-52-56-60-64-70(75)69(68-74)73-71(76)65-61-57-53-49-45-41-38-34-31-28-26-24-22-21-23-25-27-29-32-35-39-43-47-51-55-59-63-67-78-72(77)66-62-58-54-50-46-42-36-18-16-14-12-10-8-6-4-2/h60,64,69-70,74-75H,3-59,61-63,65-68H2,1-2H3,(H,73,76)/b64-60+. The van der Waals surface area contributed by atoms with Crippen LogP contribution in [-0.2, 0) is 14.3 Å². The van der Waals surface area contributed by atoms with Gasteiger partial charge in [0, 0.05) is 12.8 Å². The number of unbranched alkanes of at least 4 members (excludes halogenated alkanes) is 57. The van der Waals surface area contributed by atoms with Crippen molar-refractivity contribution >= 4 is 11.9 Å². The third-order valence-electron chi connectivity index (χ3n) is 17.1. The van der Waals surface area contributed by atoms with Crippen LogP contribution < -0.4 is 5.32 Å². The van der Waals surface area contributed by atoms with Crippen LogP contribution in [0, 0.1) is 0 Å². The van der Waals surface area contributed by atoms with Crippen LogP contribution in [0.1, 0.15) is 412 Å². The number of carbonyl (C=O) groups is 2. The maximum absolute atomic E-state index is 12.5. The van der Waals surface area contributed by atoms with Crippen molar-refractivity contribution in [1.29, 1.82) is 0 Å². The molecule has 6 heteroatoms. The molecule has 78 heavy (non-hydrogen) atoms. The molecule has 0 aromatic carbocycles. The molecule has 0 spiro atoms. The Morgan fingerprint density at radius 1 is 0.346 bits per heavy atom. The van der Waals surface area contributed by atoms with Crippen LogP contribution in [0.4, 0.5) is 0 Å². The number of ether oxygens (including phenoxy) is 1. The molecule has 0 bridgehead atoms. The second kappa shape index (κ2) is 68.1. The smallest absolute Gasteiger partial charge is 0.305 e. The van der Waals surface area contributed by atoms with Crippen molar-refractivity contribution in [2.24, 2.45) is 0 Å². The van der Waals surface area contributed by atoms with Gasteiger partial charge in [-0.2, -0.15) is 0 Å². The summed E-state index contributed by atoms with van der Waals surface area (Å²) in [6.07, 6.45) is 84.4. The summed E-state index contributed by atoms with van der Waals surface area (Å²) < 4.78 is 5.50. The van der Waals surface area contributed by atoms with Gasteiger partial charge in [-0.1, -0.05) is 379 Å². The minimum atomic E-state index is -0.842. The predicted molar refractivity (Wildman–Crippen MR) is 343 cm³/mol.